The Labute approximate surface area is 198 Å². The molecule has 5 atom stereocenters. The second-order valence-corrected chi connectivity index (χ2v) is 8.55. The maximum Gasteiger partial charge on any atom is 0.326 e. The van der Waals surface area contributed by atoms with Crippen molar-refractivity contribution in [3.05, 3.63) is 0 Å². The normalized spacial score (nSPS) is 15.4. The van der Waals surface area contributed by atoms with Crippen LogP contribution in [0.3, 0.4) is 0 Å². The van der Waals surface area contributed by atoms with Crippen LogP contribution < -0.4 is 27.4 Å². The number of carboxylic acid groups (broad SMARTS) is 2. The molecule has 13 nitrogen and oxygen atoms in total. The molecule has 34 heavy (non-hydrogen) atoms. The number of aliphatic carboxylic acids is 2. The minimum Gasteiger partial charge on any atom is -0.481 e. The van der Waals surface area contributed by atoms with Crippen LogP contribution in [0.25, 0.3) is 0 Å². The number of hydrogen-bond donors (Lipinski definition) is 7. The van der Waals surface area contributed by atoms with Crippen molar-refractivity contribution in [3.8, 4) is 0 Å². The molecule has 0 aromatic rings. The van der Waals surface area contributed by atoms with Crippen molar-refractivity contribution in [2.75, 3.05) is 0 Å². The molecule has 9 N–H and O–H groups in total. The minimum atomic E-state index is -1.33. The summed E-state index contributed by atoms with van der Waals surface area (Å²) in [6, 6.07) is -4.81. The van der Waals surface area contributed by atoms with E-state index in [4.69, 9.17) is 16.6 Å². The van der Waals surface area contributed by atoms with Crippen LogP contribution in [0.2, 0.25) is 0 Å². The third-order valence-corrected chi connectivity index (χ3v) is 5.34. The summed E-state index contributed by atoms with van der Waals surface area (Å²) >= 11 is 0. The van der Waals surface area contributed by atoms with Crippen molar-refractivity contribution in [2.45, 2.75) is 84.0 Å². The quantitative estimate of drug-likeness (QED) is 0.137. The largest absolute Gasteiger partial charge is 0.481 e. The molecule has 0 aromatic carbocycles. The maximum absolute atomic E-state index is 12.9. The molecule has 0 radical (unpaired) electrons. The highest BCUT2D eigenvalue weighted by Crippen LogP contribution is 2.11. The van der Waals surface area contributed by atoms with Gasteiger partial charge in [0, 0.05) is 12.8 Å². The molecule has 0 rings (SSSR count). The van der Waals surface area contributed by atoms with Crippen LogP contribution in [0.15, 0.2) is 0 Å². The van der Waals surface area contributed by atoms with Crippen molar-refractivity contribution in [1.82, 2.24) is 16.0 Å². The average Bonchev–Trinajstić information content (AvgIpc) is 2.74. The predicted octanol–water partition coefficient (Wildman–Crippen LogP) is -1.31. The number of carbonyl (C=O) groups is 6. The molecule has 5 unspecified atom stereocenters. The van der Waals surface area contributed by atoms with E-state index < -0.39 is 72.1 Å². The average molecular weight is 488 g/mol. The number of nitrogens with two attached hydrogens (primary N) is 2. The van der Waals surface area contributed by atoms with Crippen LogP contribution in [0.5, 0.6) is 0 Å². The van der Waals surface area contributed by atoms with Crippen LogP contribution in [-0.4, -0.2) is 69.9 Å². The summed E-state index contributed by atoms with van der Waals surface area (Å²) in [6.07, 6.45) is -0.473. The number of nitrogens with one attached hydrogen (secondary N) is 3. The Hall–Kier alpha value is -3.22. The van der Waals surface area contributed by atoms with Gasteiger partial charge in [-0.15, -0.1) is 0 Å². The van der Waals surface area contributed by atoms with Gasteiger partial charge in [0.25, 0.3) is 0 Å². The second-order valence-electron chi connectivity index (χ2n) is 8.55. The van der Waals surface area contributed by atoms with E-state index in [9.17, 15) is 33.9 Å². The van der Waals surface area contributed by atoms with Gasteiger partial charge in [0.15, 0.2) is 0 Å². The Morgan fingerprint density at radius 2 is 1.35 bits per heavy atom. The topological polar surface area (TPSA) is 231 Å². The third kappa shape index (κ3) is 11.1. The first-order valence-corrected chi connectivity index (χ1v) is 11.1. The van der Waals surface area contributed by atoms with Crippen LogP contribution in [0.4, 0.5) is 0 Å². The van der Waals surface area contributed by atoms with Gasteiger partial charge in [-0.3, -0.25) is 24.0 Å². The second kappa shape index (κ2) is 14.8. The molecular weight excluding hydrogens is 450 g/mol. The lowest BCUT2D eigenvalue weighted by molar-refractivity contribution is -0.144. The molecule has 13 heteroatoms. The van der Waals surface area contributed by atoms with Crippen molar-refractivity contribution in [3.63, 3.8) is 0 Å². The van der Waals surface area contributed by atoms with Gasteiger partial charge in [-0.05, 0) is 24.7 Å². The number of rotatable bonds is 16. The Morgan fingerprint density at radius 1 is 0.794 bits per heavy atom. The van der Waals surface area contributed by atoms with Gasteiger partial charge in [-0.25, -0.2) is 4.79 Å². The fraction of sp³-hybridized carbons (Fsp3) is 0.714. The van der Waals surface area contributed by atoms with Gasteiger partial charge in [0.1, 0.15) is 18.1 Å². The van der Waals surface area contributed by atoms with Gasteiger partial charge >= 0.3 is 11.9 Å². The SMILES string of the molecule is CCC(C)C(NC(=O)C(NC(=O)C(CCC(=O)O)NC(=O)C(N)CCC(N)=O)C(C)C)C(=O)O. The maximum atomic E-state index is 12.9. The zero-order chi connectivity index (χ0) is 26.6. The van der Waals surface area contributed by atoms with E-state index in [0.29, 0.717) is 6.42 Å². The predicted molar refractivity (Wildman–Crippen MR) is 121 cm³/mol. The smallest absolute Gasteiger partial charge is 0.326 e. The highest BCUT2D eigenvalue weighted by molar-refractivity contribution is 5.94. The molecule has 4 amide bonds. The zero-order valence-corrected chi connectivity index (χ0v) is 20.0. The molecule has 0 bridgehead atoms. The van der Waals surface area contributed by atoms with E-state index in [1.54, 1.807) is 27.7 Å². The molecule has 0 spiro atoms. The van der Waals surface area contributed by atoms with E-state index in [-0.39, 0.29) is 25.2 Å². The van der Waals surface area contributed by atoms with Crippen molar-refractivity contribution < 1.29 is 39.0 Å². The number of carboxylic acids is 2. The molecule has 0 aliphatic carbocycles. The van der Waals surface area contributed by atoms with Gasteiger partial charge < -0.3 is 37.6 Å². The van der Waals surface area contributed by atoms with Crippen molar-refractivity contribution >= 4 is 35.6 Å². The summed E-state index contributed by atoms with van der Waals surface area (Å²) in [5.41, 5.74) is 10.7. The van der Waals surface area contributed by atoms with Gasteiger partial charge in [0.2, 0.25) is 23.6 Å². The molecule has 0 saturated heterocycles. The lowest BCUT2D eigenvalue weighted by Gasteiger charge is -2.28. The third-order valence-electron chi connectivity index (χ3n) is 5.34. The van der Waals surface area contributed by atoms with Crippen LogP contribution in [-0.2, 0) is 28.8 Å². The Morgan fingerprint density at radius 3 is 1.79 bits per heavy atom. The first kappa shape index (κ1) is 30.8. The number of amides is 4. The molecule has 0 fully saturated rings. The first-order chi connectivity index (χ1) is 15.7. The lowest BCUT2D eigenvalue weighted by Crippen LogP contribution is -2.59. The zero-order valence-electron chi connectivity index (χ0n) is 20.0. The summed E-state index contributed by atoms with van der Waals surface area (Å²) < 4.78 is 0. The fourth-order valence-electron chi connectivity index (χ4n) is 2.96. The summed E-state index contributed by atoms with van der Waals surface area (Å²) in [5, 5.41) is 25.6. The molecular formula is C21H37N5O8. The summed E-state index contributed by atoms with van der Waals surface area (Å²) in [4.78, 5) is 71.4. The standard InChI is InChI=1S/C21H37N5O8/c1-5-11(4)17(21(33)34)26-20(32)16(10(2)3)25-19(31)13(7-9-15(28)29)24-18(30)12(22)6-8-14(23)27/h10-13,16-17H,5-9,22H2,1-4H3,(H2,23,27)(H,24,30)(H,25,31)(H,26,32)(H,28,29)(H,33,34). The molecule has 0 saturated carbocycles. The van der Waals surface area contributed by atoms with Crippen LogP contribution in [0, 0.1) is 11.8 Å². The monoisotopic (exact) mass is 487 g/mol. The molecule has 0 aromatic heterocycles. The molecule has 194 valence electrons. The highest BCUT2D eigenvalue weighted by atomic mass is 16.4. The Kier molecular flexibility index (Phi) is 13.4. The molecule has 0 aliphatic rings. The van der Waals surface area contributed by atoms with Gasteiger partial charge in [0.05, 0.1) is 6.04 Å². The van der Waals surface area contributed by atoms with Crippen molar-refractivity contribution in [2.24, 2.45) is 23.3 Å². The summed E-state index contributed by atoms with van der Waals surface area (Å²) in [6.45, 7) is 6.71. The molecule has 0 heterocycles. The van der Waals surface area contributed by atoms with E-state index >= 15 is 0 Å². The van der Waals surface area contributed by atoms with Gasteiger partial charge in [-0.1, -0.05) is 34.1 Å². The van der Waals surface area contributed by atoms with E-state index in [1.807, 2.05) is 0 Å². The molecule has 0 aliphatic heterocycles. The number of carbonyl (C=O) groups excluding carboxylic acids is 4. The van der Waals surface area contributed by atoms with Crippen molar-refractivity contribution in [1.29, 1.82) is 0 Å². The number of hydrogen-bond acceptors (Lipinski definition) is 7. The Balaban J connectivity index is 5.51. The minimum absolute atomic E-state index is 0.0718. The number of primary amides is 1. The van der Waals surface area contributed by atoms with Crippen LogP contribution >= 0.6 is 0 Å². The van der Waals surface area contributed by atoms with E-state index in [0.717, 1.165) is 0 Å². The van der Waals surface area contributed by atoms with Crippen LogP contribution in [0.1, 0.15) is 59.8 Å². The summed E-state index contributed by atoms with van der Waals surface area (Å²) in [7, 11) is 0. The highest BCUT2D eigenvalue weighted by Gasteiger charge is 2.33. The summed E-state index contributed by atoms with van der Waals surface area (Å²) in [5.74, 6) is -6.25. The Bertz CT molecular complexity index is 757. The first-order valence-electron chi connectivity index (χ1n) is 11.1. The lowest BCUT2D eigenvalue weighted by atomic mass is 9.97. The van der Waals surface area contributed by atoms with E-state index in [2.05, 4.69) is 16.0 Å². The van der Waals surface area contributed by atoms with E-state index in [1.165, 1.54) is 0 Å². The van der Waals surface area contributed by atoms with Gasteiger partial charge in [-0.2, -0.15) is 0 Å². The fourth-order valence-corrected chi connectivity index (χ4v) is 2.96.